The van der Waals surface area contributed by atoms with E-state index in [9.17, 15) is 35.4 Å². The zero-order chi connectivity index (χ0) is 36.8. The molecule has 16 nitrogen and oxygen atoms in total. The van der Waals surface area contributed by atoms with E-state index in [1.807, 2.05) is 0 Å². The van der Waals surface area contributed by atoms with Gasteiger partial charge in [-0.1, -0.05) is 84.0 Å². The fourth-order valence-corrected chi connectivity index (χ4v) is 7.02. The van der Waals surface area contributed by atoms with Crippen molar-refractivity contribution < 1.29 is 54.4 Å². The number of nitrogens with two attached hydrogens (primary N) is 4. The molecule has 0 aromatic heterocycles. The molecule has 294 valence electrons. The first-order valence-corrected chi connectivity index (χ1v) is 18.8. The Morgan fingerprint density at radius 3 is 1.64 bits per heavy atom. The highest BCUT2D eigenvalue weighted by Gasteiger charge is 2.51. The second kappa shape index (κ2) is 22.2. The SMILES string of the molecule is CCCCCCCCCCCCCCCC(=O)NCC1OC(OC2C(N)CC(N)C(OC3OC(CN)C(O)C(O)C3O)C2O)C(O)C(N)C1O. The number of unbranched alkanes of at least 4 members (excludes halogenated alkanes) is 12. The van der Waals surface area contributed by atoms with Crippen molar-refractivity contribution in [3.63, 3.8) is 0 Å². The van der Waals surface area contributed by atoms with E-state index in [0.29, 0.717) is 6.42 Å². The quantitative estimate of drug-likeness (QED) is 0.0590. The molecule has 2 aliphatic heterocycles. The van der Waals surface area contributed by atoms with Crippen LogP contribution in [0.25, 0.3) is 0 Å². The molecule has 2 saturated heterocycles. The van der Waals surface area contributed by atoms with Crippen LogP contribution in [-0.4, -0.2) is 141 Å². The van der Waals surface area contributed by atoms with Crippen LogP contribution in [0.5, 0.6) is 0 Å². The minimum absolute atomic E-state index is 0.0802. The predicted octanol–water partition coefficient (Wildman–Crippen LogP) is -1.69. The Morgan fingerprint density at radius 1 is 0.640 bits per heavy atom. The molecule has 1 saturated carbocycles. The summed E-state index contributed by atoms with van der Waals surface area (Å²) in [7, 11) is 0. The highest BCUT2D eigenvalue weighted by molar-refractivity contribution is 5.75. The third-order valence-corrected chi connectivity index (χ3v) is 10.3. The van der Waals surface area contributed by atoms with E-state index in [4.69, 9.17) is 41.9 Å². The van der Waals surface area contributed by atoms with Gasteiger partial charge in [0.1, 0.15) is 54.9 Å². The van der Waals surface area contributed by atoms with Gasteiger partial charge in [-0.2, -0.15) is 0 Å². The van der Waals surface area contributed by atoms with Gasteiger partial charge in [0.2, 0.25) is 5.91 Å². The number of hydrogen-bond donors (Lipinski definition) is 11. The molecule has 15 atom stereocenters. The Kier molecular flexibility index (Phi) is 19.2. The number of ether oxygens (including phenoxy) is 4. The maximum atomic E-state index is 12.6. The van der Waals surface area contributed by atoms with Crippen molar-refractivity contribution in [2.24, 2.45) is 22.9 Å². The molecule has 15 N–H and O–H groups in total. The largest absolute Gasteiger partial charge is 0.389 e. The van der Waals surface area contributed by atoms with Gasteiger partial charge in [-0.25, -0.2) is 0 Å². The normalized spacial score (nSPS) is 39.4. The van der Waals surface area contributed by atoms with Gasteiger partial charge in [0.25, 0.3) is 0 Å². The Balaban J connectivity index is 1.43. The lowest BCUT2D eigenvalue weighted by molar-refractivity contribution is -0.330. The van der Waals surface area contributed by atoms with Crippen molar-refractivity contribution in [1.29, 1.82) is 0 Å². The summed E-state index contributed by atoms with van der Waals surface area (Å²) in [4.78, 5) is 12.6. The number of carbonyl (C=O) groups is 1. The van der Waals surface area contributed by atoms with Crippen molar-refractivity contribution >= 4 is 5.91 Å². The standard InChI is InChI=1S/C34H67N5O11/c1-2-3-4-5-6-7-8-9-10-11-12-13-14-15-23(40)39-18-22-25(41)24(38)27(43)33(48-22)49-31-19(36)16-20(37)32(30(31)46)50-34-29(45)28(44)26(42)21(17-35)47-34/h19-22,24-34,41-46H,2-18,35-38H2,1H3,(H,39,40). The molecule has 0 aromatic carbocycles. The van der Waals surface area contributed by atoms with Crippen LogP contribution in [0.1, 0.15) is 103 Å². The predicted molar refractivity (Wildman–Crippen MR) is 184 cm³/mol. The van der Waals surface area contributed by atoms with Crippen molar-refractivity contribution in [1.82, 2.24) is 5.32 Å². The molecule has 0 bridgehead atoms. The summed E-state index contributed by atoms with van der Waals surface area (Å²) < 4.78 is 23.1. The van der Waals surface area contributed by atoms with Crippen LogP contribution in [0.3, 0.4) is 0 Å². The third kappa shape index (κ3) is 12.5. The van der Waals surface area contributed by atoms with Gasteiger partial charge in [0.15, 0.2) is 12.6 Å². The number of carbonyl (C=O) groups excluding carboxylic acids is 1. The van der Waals surface area contributed by atoms with Crippen LogP contribution in [-0.2, 0) is 23.7 Å². The molecule has 1 amide bonds. The van der Waals surface area contributed by atoms with Crippen molar-refractivity contribution in [3.05, 3.63) is 0 Å². The van der Waals surface area contributed by atoms with Gasteiger partial charge < -0.3 is 77.8 Å². The topological polar surface area (TPSA) is 291 Å². The van der Waals surface area contributed by atoms with Gasteiger partial charge in [0.05, 0.1) is 12.1 Å². The van der Waals surface area contributed by atoms with E-state index in [-0.39, 0.29) is 25.4 Å². The van der Waals surface area contributed by atoms with Crippen LogP contribution in [0, 0.1) is 0 Å². The van der Waals surface area contributed by atoms with E-state index in [2.05, 4.69) is 12.2 Å². The maximum Gasteiger partial charge on any atom is 0.220 e. The molecule has 0 radical (unpaired) electrons. The van der Waals surface area contributed by atoms with Crippen LogP contribution < -0.4 is 28.3 Å². The zero-order valence-corrected chi connectivity index (χ0v) is 29.7. The highest BCUT2D eigenvalue weighted by atomic mass is 16.7. The average Bonchev–Trinajstić information content (AvgIpc) is 3.09. The summed E-state index contributed by atoms with van der Waals surface area (Å²) in [5, 5.41) is 66.3. The fourth-order valence-electron chi connectivity index (χ4n) is 7.02. The first-order valence-electron chi connectivity index (χ1n) is 18.8. The third-order valence-electron chi connectivity index (χ3n) is 10.3. The number of nitrogens with one attached hydrogen (secondary N) is 1. The first-order chi connectivity index (χ1) is 23.9. The molecule has 1 aliphatic carbocycles. The maximum absolute atomic E-state index is 12.6. The molecule has 0 aromatic rings. The zero-order valence-electron chi connectivity index (χ0n) is 29.7. The lowest BCUT2D eigenvalue weighted by Gasteiger charge is -2.48. The molecule has 50 heavy (non-hydrogen) atoms. The summed E-state index contributed by atoms with van der Waals surface area (Å²) in [6.45, 7) is 1.98. The molecular formula is C34H67N5O11. The Hall–Kier alpha value is -1.09. The van der Waals surface area contributed by atoms with Gasteiger partial charge in [-0.05, 0) is 12.8 Å². The lowest BCUT2D eigenvalue weighted by Crippen LogP contribution is -2.68. The molecular weight excluding hydrogens is 654 g/mol. The van der Waals surface area contributed by atoms with Crippen molar-refractivity contribution in [2.45, 2.75) is 195 Å². The molecule has 3 fully saturated rings. The highest BCUT2D eigenvalue weighted by Crippen LogP contribution is 2.31. The van der Waals surface area contributed by atoms with Crippen LogP contribution in [0.4, 0.5) is 0 Å². The van der Waals surface area contributed by atoms with Crippen LogP contribution in [0.15, 0.2) is 0 Å². The number of hydrogen-bond acceptors (Lipinski definition) is 15. The smallest absolute Gasteiger partial charge is 0.220 e. The fraction of sp³-hybridized carbons (Fsp3) is 0.971. The number of aliphatic hydroxyl groups excluding tert-OH is 6. The van der Waals surface area contributed by atoms with E-state index >= 15 is 0 Å². The summed E-state index contributed by atoms with van der Waals surface area (Å²) in [6, 6.07) is -2.90. The Bertz CT molecular complexity index is 957. The monoisotopic (exact) mass is 721 g/mol. The number of amides is 1. The van der Waals surface area contributed by atoms with E-state index in [1.54, 1.807) is 0 Å². The minimum atomic E-state index is -1.68. The average molecular weight is 722 g/mol. The Labute approximate surface area is 296 Å². The van der Waals surface area contributed by atoms with Gasteiger partial charge in [-0.15, -0.1) is 0 Å². The number of rotatable bonds is 21. The van der Waals surface area contributed by atoms with E-state index in [1.165, 1.54) is 57.8 Å². The van der Waals surface area contributed by atoms with E-state index in [0.717, 1.165) is 25.7 Å². The van der Waals surface area contributed by atoms with Crippen LogP contribution in [0.2, 0.25) is 0 Å². The van der Waals surface area contributed by atoms with Crippen molar-refractivity contribution in [2.75, 3.05) is 13.1 Å². The van der Waals surface area contributed by atoms with Crippen molar-refractivity contribution in [3.8, 4) is 0 Å². The summed E-state index contributed by atoms with van der Waals surface area (Å²) in [6.07, 6.45) is -0.437. The second-order valence-electron chi connectivity index (χ2n) is 14.4. The molecule has 2 heterocycles. The molecule has 15 unspecified atom stereocenters. The Morgan fingerprint density at radius 2 is 1.12 bits per heavy atom. The minimum Gasteiger partial charge on any atom is -0.389 e. The molecule has 3 aliphatic rings. The molecule has 16 heteroatoms. The van der Waals surface area contributed by atoms with Crippen LogP contribution >= 0.6 is 0 Å². The lowest BCUT2D eigenvalue weighted by atomic mass is 9.84. The van der Waals surface area contributed by atoms with Gasteiger partial charge in [-0.3, -0.25) is 4.79 Å². The summed E-state index contributed by atoms with van der Waals surface area (Å²) in [5.41, 5.74) is 24.2. The van der Waals surface area contributed by atoms with Gasteiger partial charge >= 0.3 is 0 Å². The second-order valence-corrected chi connectivity index (χ2v) is 14.4. The first kappa shape index (κ1) is 43.3. The van der Waals surface area contributed by atoms with E-state index < -0.39 is 91.7 Å². The summed E-state index contributed by atoms with van der Waals surface area (Å²) in [5.74, 6) is -0.193. The molecule has 3 rings (SSSR count). The number of aliphatic hydroxyl groups is 6. The van der Waals surface area contributed by atoms with Gasteiger partial charge in [0, 0.05) is 31.6 Å². The molecule has 0 spiro atoms. The summed E-state index contributed by atoms with van der Waals surface area (Å²) >= 11 is 0.